The molecule has 18 heavy (non-hydrogen) atoms. The van der Waals surface area contributed by atoms with Gasteiger partial charge in [0.1, 0.15) is 6.79 Å². The summed E-state index contributed by atoms with van der Waals surface area (Å²) < 4.78 is 19.6. The normalized spacial score (nSPS) is 12.2. The summed E-state index contributed by atoms with van der Waals surface area (Å²) in [5.74, 6) is -0.545. The minimum atomic E-state index is -0.864. The van der Waals surface area contributed by atoms with E-state index in [-0.39, 0.29) is 13.6 Å². The van der Waals surface area contributed by atoms with Gasteiger partial charge in [-0.15, -0.1) is 0 Å². The lowest BCUT2D eigenvalue weighted by atomic mass is 10.1. The number of hydrogen-bond donors (Lipinski definition) is 0. The Morgan fingerprint density at radius 3 is 2.33 bits per heavy atom. The SMILES string of the molecule is COCOC(=O)C(OCOC)c1ccc(Cl)cc1. The minimum Gasteiger partial charge on any atom is -0.436 e. The van der Waals surface area contributed by atoms with Crippen molar-refractivity contribution < 1.29 is 23.7 Å². The molecule has 0 radical (unpaired) electrons. The Bertz CT molecular complexity index is 365. The van der Waals surface area contributed by atoms with Gasteiger partial charge in [-0.05, 0) is 17.7 Å². The molecule has 0 amide bonds. The maximum absolute atomic E-state index is 11.8. The molecule has 0 saturated heterocycles. The van der Waals surface area contributed by atoms with Gasteiger partial charge in [0, 0.05) is 19.2 Å². The molecule has 0 aliphatic rings. The molecule has 100 valence electrons. The molecule has 0 heterocycles. The van der Waals surface area contributed by atoms with Crippen LogP contribution in [0.4, 0.5) is 0 Å². The highest BCUT2D eigenvalue weighted by molar-refractivity contribution is 6.30. The van der Waals surface area contributed by atoms with Crippen molar-refractivity contribution in [3.05, 3.63) is 34.9 Å². The summed E-state index contributed by atoms with van der Waals surface area (Å²) in [4.78, 5) is 11.8. The van der Waals surface area contributed by atoms with Crippen LogP contribution in [0.3, 0.4) is 0 Å². The van der Waals surface area contributed by atoms with Gasteiger partial charge in [0.2, 0.25) is 0 Å². The second kappa shape index (κ2) is 8.05. The zero-order valence-electron chi connectivity index (χ0n) is 10.2. The number of halogens is 1. The fourth-order valence-electron chi connectivity index (χ4n) is 1.27. The molecular formula is C12H15ClO5. The quantitative estimate of drug-likeness (QED) is 0.563. The van der Waals surface area contributed by atoms with Crippen molar-refractivity contribution in [1.82, 2.24) is 0 Å². The fraction of sp³-hybridized carbons (Fsp3) is 0.417. The lowest BCUT2D eigenvalue weighted by Crippen LogP contribution is -2.20. The summed E-state index contributed by atoms with van der Waals surface area (Å²) in [6.07, 6.45) is -0.864. The van der Waals surface area contributed by atoms with E-state index >= 15 is 0 Å². The van der Waals surface area contributed by atoms with Gasteiger partial charge in [-0.25, -0.2) is 4.79 Å². The first-order chi connectivity index (χ1) is 8.69. The predicted octanol–water partition coefficient (Wildman–Crippen LogP) is 2.15. The van der Waals surface area contributed by atoms with E-state index in [1.54, 1.807) is 24.3 Å². The van der Waals surface area contributed by atoms with Crippen LogP contribution in [0.5, 0.6) is 0 Å². The maximum atomic E-state index is 11.8. The lowest BCUT2D eigenvalue weighted by Gasteiger charge is -2.16. The van der Waals surface area contributed by atoms with Crippen molar-refractivity contribution in [3.63, 3.8) is 0 Å². The van der Waals surface area contributed by atoms with Crippen LogP contribution in [0.15, 0.2) is 24.3 Å². The molecule has 1 aromatic carbocycles. The summed E-state index contributed by atoms with van der Waals surface area (Å²) in [5, 5.41) is 0.578. The molecule has 1 atom stereocenters. The molecule has 0 bridgehead atoms. The monoisotopic (exact) mass is 274 g/mol. The van der Waals surface area contributed by atoms with E-state index in [2.05, 4.69) is 4.74 Å². The van der Waals surface area contributed by atoms with Crippen LogP contribution < -0.4 is 0 Å². The molecule has 1 rings (SSSR count). The predicted molar refractivity (Wildman–Crippen MR) is 65.1 cm³/mol. The third kappa shape index (κ3) is 4.62. The molecule has 0 fully saturated rings. The van der Waals surface area contributed by atoms with Crippen molar-refractivity contribution in [3.8, 4) is 0 Å². The molecule has 0 spiro atoms. The average Bonchev–Trinajstić information content (AvgIpc) is 2.38. The van der Waals surface area contributed by atoms with E-state index in [9.17, 15) is 4.79 Å². The molecule has 1 unspecified atom stereocenters. The molecule has 0 aliphatic heterocycles. The van der Waals surface area contributed by atoms with Gasteiger partial charge < -0.3 is 18.9 Å². The molecule has 0 aliphatic carbocycles. The van der Waals surface area contributed by atoms with Gasteiger partial charge in [-0.2, -0.15) is 0 Å². The number of hydrogen-bond acceptors (Lipinski definition) is 5. The fourth-order valence-corrected chi connectivity index (χ4v) is 1.39. The van der Waals surface area contributed by atoms with E-state index in [0.717, 1.165) is 0 Å². The summed E-state index contributed by atoms with van der Waals surface area (Å²) >= 11 is 5.78. The van der Waals surface area contributed by atoms with Crippen LogP contribution in [0, 0.1) is 0 Å². The Labute approximate surface area is 111 Å². The summed E-state index contributed by atoms with van der Waals surface area (Å²) in [5.41, 5.74) is 0.637. The Hall–Kier alpha value is -1.14. The van der Waals surface area contributed by atoms with Gasteiger partial charge in [0.05, 0.1) is 0 Å². The summed E-state index contributed by atoms with van der Waals surface area (Å²) in [7, 11) is 2.90. The summed E-state index contributed by atoms with van der Waals surface area (Å²) in [6.45, 7) is -0.144. The Kier molecular flexibility index (Phi) is 6.67. The first kappa shape index (κ1) is 14.9. The van der Waals surface area contributed by atoms with Crippen LogP contribution in [0.25, 0.3) is 0 Å². The van der Waals surface area contributed by atoms with E-state index < -0.39 is 12.1 Å². The van der Waals surface area contributed by atoms with Crippen LogP contribution in [-0.2, 0) is 23.7 Å². The standard InChI is InChI=1S/C12H15ClO5/c1-15-7-17-11(12(14)18-8-16-2)9-3-5-10(13)6-4-9/h3-6,11H,7-8H2,1-2H3. The van der Waals surface area contributed by atoms with Crippen LogP contribution in [-0.4, -0.2) is 33.8 Å². The van der Waals surface area contributed by atoms with Crippen molar-refractivity contribution in [2.45, 2.75) is 6.10 Å². The Morgan fingerprint density at radius 2 is 1.78 bits per heavy atom. The van der Waals surface area contributed by atoms with Gasteiger partial charge in [-0.3, -0.25) is 0 Å². The van der Waals surface area contributed by atoms with Crippen molar-refractivity contribution in [2.24, 2.45) is 0 Å². The number of esters is 1. The molecular weight excluding hydrogens is 260 g/mol. The number of ether oxygens (including phenoxy) is 4. The van der Waals surface area contributed by atoms with Crippen molar-refractivity contribution >= 4 is 17.6 Å². The summed E-state index contributed by atoms with van der Waals surface area (Å²) in [6, 6.07) is 6.72. The van der Waals surface area contributed by atoms with Crippen LogP contribution in [0.2, 0.25) is 5.02 Å². The smallest absolute Gasteiger partial charge is 0.342 e. The highest BCUT2D eigenvalue weighted by Crippen LogP contribution is 2.21. The largest absolute Gasteiger partial charge is 0.436 e. The average molecular weight is 275 g/mol. The number of carbonyl (C=O) groups excluding carboxylic acids is 1. The Morgan fingerprint density at radius 1 is 1.17 bits per heavy atom. The highest BCUT2D eigenvalue weighted by Gasteiger charge is 2.23. The second-order valence-electron chi connectivity index (χ2n) is 3.37. The highest BCUT2D eigenvalue weighted by atomic mass is 35.5. The van der Waals surface area contributed by atoms with E-state index in [1.807, 2.05) is 0 Å². The van der Waals surface area contributed by atoms with E-state index in [1.165, 1.54) is 14.2 Å². The molecule has 0 N–H and O–H groups in total. The lowest BCUT2D eigenvalue weighted by molar-refractivity contribution is -0.175. The van der Waals surface area contributed by atoms with Gasteiger partial charge in [0.25, 0.3) is 0 Å². The third-order valence-corrected chi connectivity index (χ3v) is 2.31. The van der Waals surface area contributed by atoms with Crippen LogP contribution >= 0.6 is 11.6 Å². The number of rotatable bonds is 7. The number of carbonyl (C=O) groups is 1. The number of benzene rings is 1. The van der Waals surface area contributed by atoms with Gasteiger partial charge >= 0.3 is 5.97 Å². The minimum absolute atomic E-state index is 0.0185. The van der Waals surface area contributed by atoms with Crippen molar-refractivity contribution in [1.29, 1.82) is 0 Å². The van der Waals surface area contributed by atoms with E-state index in [4.69, 9.17) is 25.8 Å². The van der Waals surface area contributed by atoms with Gasteiger partial charge in [0.15, 0.2) is 12.9 Å². The van der Waals surface area contributed by atoms with Crippen LogP contribution in [0.1, 0.15) is 11.7 Å². The molecule has 6 heteroatoms. The van der Waals surface area contributed by atoms with Gasteiger partial charge in [-0.1, -0.05) is 23.7 Å². The molecule has 0 aromatic heterocycles. The first-order valence-corrected chi connectivity index (χ1v) is 5.58. The molecule has 1 aromatic rings. The third-order valence-electron chi connectivity index (χ3n) is 2.06. The Balaban J connectivity index is 2.76. The second-order valence-corrected chi connectivity index (χ2v) is 3.81. The zero-order chi connectivity index (χ0) is 13.4. The van der Waals surface area contributed by atoms with E-state index in [0.29, 0.717) is 10.6 Å². The molecule has 5 nitrogen and oxygen atoms in total. The van der Waals surface area contributed by atoms with Crippen molar-refractivity contribution in [2.75, 3.05) is 27.8 Å². The maximum Gasteiger partial charge on any atom is 0.342 e. The number of methoxy groups -OCH3 is 2. The molecule has 0 saturated carbocycles. The topological polar surface area (TPSA) is 54.0 Å². The first-order valence-electron chi connectivity index (χ1n) is 5.20. The zero-order valence-corrected chi connectivity index (χ0v) is 11.0.